The first-order valence-corrected chi connectivity index (χ1v) is 10.9. The lowest BCUT2D eigenvalue weighted by Crippen LogP contribution is -2.52. The maximum absolute atomic E-state index is 13.1. The number of pyridine rings is 1. The van der Waals surface area contributed by atoms with Gasteiger partial charge in [-0.2, -0.15) is 4.31 Å². The highest BCUT2D eigenvalue weighted by atomic mass is 32.2. The molecule has 1 unspecified atom stereocenters. The number of rotatable bonds is 6. The van der Waals surface area contributed by atoms with Crippen LogP contribution in [0.4, 0.5) is 5.69 Å². The Morgan fingerprint density at radius 1 is 1.21 bits per heavy atom. The van der Waals surface area contributed by atoms with Crippen molar-refractivity contribution < 1.29 is 13.2 Å². The Kier molecular flexibility index (Phi) is 6.31. The first kappa shape index (κ1) is 20.3. The molecule has 8 heteroatoms. The van der Waals surface area contributed by atoms with Crippen LogP contribution in [0.25, 0.3) is 0 Å². The van der Waals surface area contributed by atoms with Gasteiger partial charge in [0.1, 0.15) is 6.04 Å². The minimum atomic E-state index is -3.76. The average Bonchev–Trinajstić information content (AvgIpc) is 2.72. The number of hydrogen-bond acceptors (Lipinski definition) is 5. The van der Waals surface area contributed by atoms with E-state index in [0.717, 1.165) is 18.5 Å². The number of carbonyl (C=O) groups is 1. The molecule has 1 aromatic heterocycles. The second kappa shape index (κ2) is 8.70. The fourth-order valence-electron chi connectivity index (χ4n) is 3.41. The van der Waals surface area contributed by atoms with Crippen LogP contribution in [0.5, 0.6) is 0 Å². The lowest BCUT2D eigenvalue weighted by atomic mass is 10.0. The molecule has 150 valence electrons. The van der Waals surface area contributed by atoms with Gasteiger partial charge in [-0.25, -0.2) is 8.42 Å². The SMILES string of the molecule is CN(CCc1ccccn1)C(=O)C1CCCCN1S(=O)(=O)c1ccc(N)cc1. The summed E-state index contributed by atoms with van der Waals surface area (Å²) in [6.45, 7) is 0.833. The summed E-state index contributed by atoms with van der Waals surface area (Å²) >= 11 is 0. The number of likely N-dealkylation sites (N-methyl/N-ethyl adjacent to an activating group) is 1. The molecule has 7 nitrogen and oxygen atoms in total. The van der Waals surface area contributed by atoms with Gasteiger partial charge >= 0.3 is 0 Å². The van der Waals surface area contributed by atoms with Gasteiger partial charge in [-0.1, -0.05) is 12.5 Å². The van der Waals surface area contributed by atoms with E-state index in [1.807, 2.05) is 18.2 Å². The molecule has 1 fully saturated rings. The number of anilines is 1. The lowest BCUT2D eigenvalue weighted by Gasteiger charge is -2.35. The van der Waals surface area contributed by atoms with Crippen LogP contribution in [0.1, 0.15) is 25.0 Å². The second-order valence-corrected chi connectivity index (χ2v) is 8.92. The molecule has 2 heterocycles. The molecule has 1 aromatic carbocycles. The van der Waals surface area contributed by atoms with E-state index < -0.39 is 16.1 Å². The Bertz CT molecular complexity index is 901. The van der Waals surface area contributed by atoms with Gasteiger partial charge in [-0.05, 0) is 49.2 Å². The first-order chi connectivity index (χ1) is 13.4. The Balaban J connectivity index is 1.74. The number of amides is 1. The van der Waals surface area contributed by atoms with Crippen LogP contribution >= 0.6 is 0 Å². The van der Waals surface area contributed by atoms with Gasteiger partial charge in [-0.3, -0.25) is 9.78 Å². The molecule has 1 aliphatic heterocycles. The molecule has 0 radical (unpaired) electrons. The van der Waals surface area contributed by atoms with Gasteiger partial charge in [0.25, 0.3) is 0 Å². The quantitative estimate of drug-likeness (QED) is 0.745. The third kappa shape index (κ3) is 4.51. The Hall–Kier alpha value is -2.45. The van der Waals surface area contributed by atoms with E-state index in [2.05, 4.69) is 4.98 Å². The highest BCUT2D eigenvalue weighted by Crippen LogP contribution is 2.27. The maximum Gasteiger partial charge on any atom is 0.243 e. The molecule has 28 heavy (non-hydrogen) atoms. The molecule has 0 spiro atoms. The zero-order valence-electron chi connectivity index (χ0n) is 16.0. The van der Waals surface area contributed by atoms with E-state index in [1.54, 1.807) is 30.3 Å². The Labute approximate surface area is 166 Å². The third-order valence-electron chi connectivity index (χ3n) is 5.03. The van der Waals surface area contributed by atoms with E-state index in [4.69, 9.17) is 5.73 Å². The van der Waals surface area contributed by atoms with Crippen LogP contribution < -0.4 is 5.73 Å². The number of benzene rings is 1. The van der Waals surface area contributed by atoms with Gasteiger partial charge in [0.2, 0.25) is 15.9 Å². The Morgan fingerprint density at radius 2 is 1.96 bits per heavy atom. The summed E-state index contributed by atoms with van der Waals surface area (Å²) < 4.78 is 27.6. The molecule has 0 aliphatic carbocycles. The average molecular weight is 403 g/mol. The van der Waals surface area contributed by atoms with Crippen LogP contribution in [0.3, 0.4) is 0 Å². The standard InChI is InChI=1S/C20H26N4O3S/c1-23(15-12-17-6-2-4-13-22-17)20(25)19-7-3-5-14-24(19)28(26,27)18-10-8-16(21)9-11-18/h2,4,6,8-11,13,19H,3,5,7,12,14-15,21H2,1H3. The minimum Gasteiger partial charge on any atom is -0.399 e. The molecule has 1 saturated heterocycles. The maximum atomic E-state index is 13.1. The summed E-state index contributed by atoms with van der Waals surface area (Å²) in [6, 6.07) is 11.1. The van der Waals surface area contributed by atoms with Crippen molar-refractivity contribution in [2.24, 2.45) is 0 Å². The van der Waals surface area contributed by atoms with Gasteiger partial charge in [0.15, 0.2) is 0 Å². The van der Waals surface area contributed by atoms with E-state index in [-0.39, 0.29) is 10.8 Å². The molecule has 1 atom stereocenters. The van der Waals surface area contributed by atoms with Crippen molar-refractivity contribution in [2.75, 3.05) is 25.9 Å². The molecule has 2 aromatic rings. The number of aromatic nitrogens is 1. The summed E-state index contributed by atoms with van der Waals surface area (Å²) in [5.41, 5.74) is 7.07. The molecule has 3 rings (SSSR count). The zero-order valence-corrected chi connectivity index (χ0v) is 16.8. The zero-order chi connectivity index (χ0) is 20.1. The van der Waals surface area contributed by atoms with Crippen molar-refractivity contribution in [3.8, 4) is 0 Å². The van der Waals surface area contributed by atoms with Crippen molar-refractivity contribution in [3.05, 3.63) is 54.4 Å². The highest BCUT2D eigenvalue weighted by Gasteiger charge is 2.38. The number of nitrogen functional groups attached to an aromatic ring is 1. The van der Waals surface area contributed by atoms with Crippen molar-refractivity contribution in [1.29, 1.82) is 0 Å². The van der Waals surface area contributed by atoms with Gasteiger partial charge in [0.05, 0.1) is 4.90 Å². The summed E-state index contributed by atoms with van der Waals surface area (Å²) in [6.07, 6.45) is 4.45. The van der Waals surface area contributed by atoms with Gasteiger partial charge in [0, 0.05) is 44.1 Å². The summed E-state index contributed by atoms with van der Waals surface area (Å²) in [5.74, 6) is -0.172. The molecule has 0 saturated carbocycles. The molecule has 1 aliphatic rings. The molecule has 2 N–H and O–H groups in total. The molecule has 0 bridgehead atoms. The van der Waals surface area contributed by atoms with Crippen LogP contribution in [-0.4, -0.2) is 54.7 Å². The highest BCUT2D eigenvalue weighted by molar-refractivity contribution is 7.89. The van der Waals surface area contributed by atoms with E-state index in [1.165, 1.54) is 16.4 Å². The molecule has 1 amide bonds. The molecular formula is C20H26N4O3S. The second-order valence-electron chi connectivity index (χ2n) is 7.03. The van der Waals surface area contributed by atoms with Crippen molar-refractivity contribution in [2.45, 2.75) is 36.6 Å². The third-order valence-corrected chi connectivity index (χ3v) is 6.95. The number of sulfonamides is 1. The van der Waals surface area contributed by atoms with E-state index in [9.17, 15) is 13.2 Å². The number of nitrogens with two attached hydrogens (primary N) is 1. The number of hydrogen-bond donors (Lipinski definition) is 1. The smallest absolute Gasteiger partial charge is 0.243 e. The summed E-state index contributed by atoms with van der Waals surface area (Å²) in [4.78, 5) is 19.1. The predicted molar refractivity (Wildman–Crippen MR) is 108 cm³/mol. The predicted octanol–water partition coefficient (Wildman–Crippen LogP) is 1.91. The van der Waals surface area contributed by atoms with Crippen LogP contribution in [0.2, 0.25) is 0 Å². The largest absolute Gasteiger partial charge is 0.399 e. The van der Waals surface area contributed by atoms with E-state index >= 15 is 0 Å². The first-order valence-electron chi connectivity index (χ1n) is 9.42. The summed E-state index contributed by atoms with van der Waals surface area (Å²) in [5, 5.41) is 0. The fraction of sp³-hybridized carbons (Fsp3) is 0.400. The lowest BCUT2D eigenvalue weighted by molar-refractivity contribution is -0.134. The fourth-order valence-corrected chi connectivity index (χ4v) is 5.06. The normalized spacial score (nSPS) is 18.0. The van der Waals surface area contributed by atoms with Gasteiger partial charge in [-0.15, -0.1) is 0 Å². The van der Waals surface area contributed by atoms with E-state index in [0.29, 0.717) is 31.6 Å². The van der Waals surface area contributed by atoms with Crippen molar-refractivity contribution in [3.63, 3.8) is 0 Å². The summed E-state index contributed by atoms with van der Waals surface area (Å²) in [7, 11) is -2.04. The number of piperidine rings is 1. The van der Waals surface area contributed by atoms with Crippen LogP contribution in [0.15, 0.2) is 53.6 Å². The number of nitrogens with zero attached hydrogens (tertiary/aromatic N) is 3. The van der Waals surface area contributed by atoms with Crippen molar-refractivity contribution in [1.82, 2.24) is 14.2 Å². The van der Waals surface area contributed by atoms with Crippen LogP contribution in [-0.2, 0) is 21.2 Å². The van der Waals surface area contributed by atoms with Crippen LogP contribution in [0, 0.1) is 0 Å². The number of carbonyl (C=O) groups excluding carboxylic acids is 1. The molecular weight excluding hydrogens is 376 g/mol. The van der Waals surface area contributed by atoms with Gasteiger partial charge < -0.3 is 10.6 Å². The Morgan fingerprint density at radius 3 is 2.64 bits per heavy atom. The monoisotopic (exact) mass is 402 g/mol. The minimum absolute atomic E-state index is 0.164. The van der Waals surface area contributed by atoms with Crippen molar-refractivity contribution >= 4 is 21.6 Å². The topological polar surface area (TPSA) is 96.6 Å².